The molecule has 2 rings (SSSR count). The molecule has 0 aliphatic carbocycles. The minimum atomic E-state index is -0.299. The van der Waals surface area contributed by atoms with Crippen molar-refractivity contribution in [2.75, 3.05) is 7.11 Å². The molecule has 0 heterocycles. The Morgan fingerprint density at radius 3 is 2.50 bits per heavy atom. The number of methoxy groups -OCH3 is 1. The summed E-state index contributed by atoms with van der Waals surface area (Å²) in [5, 5.41) is 0.657. The van der Waals surface area contributed by atoms with E-state index in [0.29, 0.717) is 21.3 Å². The molecule has 5 heteroatoms. The second-order valence-corrected chi connectivity index (χ2v) is 5.44. The van der Waals surface area contributed by atoms with Gasteiger partial charge in [-0.15, -0.1) is 0 Å². The lowest BCUT2D eigenvalue weighted by Gasteiger charge is -2.14. The number of ether oxygens (including phenoxy) is 2. The molecule has 0 atom stereocenters. The van der Waals surface area contributed by atoms with E-state index < -0.39 is 0 Å². The Balaban J connectivity index is 2.24. The molecule has 0 aromatic heterocycles. The van der Waals surface area contributed by atoms with E-state index in [1.54, 1.807) is 13.2 Å². The fourth-order valence-electron chi connectivity index (χ4n) is 1.80. The summed E-state index contributed by atoms with van der Waals surface area (Å²) < 4.78 is 25.0. The van der Waals surface area contributed by atoms with Gasteiger partial charge in [0.05, 0.1) is 11.6 Å². The van der Waals surface area contributed by atoms with Gasteiger partial charge < -0.3 is 9.47 Å². The molecular formula is C15H13Br2FO2. The van der Waals surface area contributed by atoms with E-state index in [4.69, 9.17) is 9.47 Å². The van der Waals surface area contributed by atoms with Crippen molar-refractivity contribution in [1.29, 1.82) is 0 Å². The van der Waals surface area contributed by atoms with Gasteiger partial charge in [-0.05, 0) is 28.1 Å². The first-order valence-electron chi connectivity index (χ1n) is 5.95. The lowest BCUT2D eigenvalue weighted by Crippen LogP contribution is -2.01. The first kappa shape index (κ1) is 15.3. The molecule has 0 saturated heterocycles. The quantitative estimate of drug-likeness (QED) is 0.648. The number of para-hydroxylation sites is 1. The molecule has 0 bridgehead atoms. The maximum absolute atomic E-state index is 13.5. The Bertz CT molecular complexity index is 580. The fraction of sp³-hybridized carbons (Fsp3) is 0.200. The third-order valence-corrected chi connectivity index (χ3v) is 4.32. The first-order valence-corrected chi connectivity index (χ1v) is 7.86. The average Bonchev–Trinajstić information content (AvgIpc) is 2.48. The minimum Gasteiger partial charge on any atom is -0.493 e. The molecule has 0 N–H and O–H groups in total. The van der Waals surface area contributed by atoms with Gasteiger partial charge in [0.1, 0.15) is 12.4 Å². The van der Waals surface area contributed by atoms with Gasteiger partial charge >= 0.3 is 0 Å². The van der Waals surface area contributed by atoms with Crippen LogP contribution in [-0.2, 0) is 11.9 Å². The van der Waals surface area contributed by atoms with Crippen molar-refractivity contribution in [1.82, 2.24) is 0 Å². The lowest BCUT2D eigenvalue weighted by atomic mass is 10.2. The van der Waals surface area contributed by atoms with E-state index >= 15 is 0 Å². The predicted octanol–water partition coefficient (Wildman–Crippen LogP) is 5.07. The van der Waals surface area contributed by atoms with Crippen LogP contribution < -0.4 is 9.47 Å². The molecule has 0 saturated carbocycles. The number of rotatable bonds is 5. The van der Waals surface area contributed by atoms with Crippen molar-refractivity contribution >= 4 is 31.9 Å². The van der Waals surface area contributed by atoms with Crippen molar-refractivity contribution in [2.45, 2.75) is 11.9 Å². The van der Waals surface area contributed by atoms with Crippen LogP contribution in [0.25, 0.3) is 0 Å². The zero-order valence-electron chi connectivity index (χ0n) is 10.8. The Kier molecular flexibility index (Phi) is 5.43. The molecule has 0 fully saturated rings. The maximum Gasteiger partial charge on any atom is 0.165 e. The second kappa shape index (κ2) is 7.09. The predicted molar refractivity (Wildman–Crippen MR) is 84.1 cm³/mol. The second-order valence-electron chi connectivity index (χ2n) is 4.08. The van der Waals surface area contributed by atoms with E-state index in [1.807, 2.05) is 24.3 Å². The summed E-state index contributed by atoms with van der Waals surface area (Å²) in [7, 11) is 1.60. The van der Waals surface area contributed by atoms with Gasteiger partial charge in [-0.2, -0.15) is 0 Å². The van der Waals surface area contributed by atoms with Crippen molar-refractivity contribution in [3.8, 4) is 11.5 Å². The zero-order chi connectivity index (χ0) is 14.5. The van der Waals surface area contributed by atoms with Crippen molar-refractivity contribution < 1.29 is 13.9 Å². The van der Waals surface area contributed by atoms with Crippen LogP contribution in [0.1, 0.15) is 11.1 Å². The third kappa shape index (κ3) is 3.33. The Morgan fingerprint density at radius 1 is 1.10 bits per heavy atom. The summed E-state index contributed by atoms with van der Waals surface area (Å²) in [4.78, 5) is 0. The fourth-order valence-corrected chi connectivity index (χ4v) is 2.62. The summed E-state index contributed by atoms with van der Waals surface area (Å²) in [6, 6.07) is 10.6. The first-order chi connectivity index (χ1) is 9.67. The van der Waals surface area contributed by atoms with Crippen molar-refractivity contribution in [2.24, 2.45) is 0 Å². The van der Waals surface area contributed by atoms with Crippen LogP contribution in [0.3, 0.4) is 0 Å². The van der Waals surface area contributed by atoms with Crippen LogP contribution in [-0.4, -0.2) is 7.11 Å². The third-order valence-electron chi connectivity index (χ3n) is 2.83. The summed E-state index contributed by atoms with van der Waals surface area (Å²) in [6.45, 7) is 0.263. The highest BCUT2D eigenvalue weighted by molar-refractivity contribution is 9.10. The summed E-state index contributed by atoms with van der Waals surface area (Å²) >= 11 is 6.65. The molecule has 0 unspecified atom stereocenters. The number of hydrogen-bond donors (Lipinski definition) is 0. The van der Waals surface area contributed by atoms with Crippen LogP contribution in [0.2, 0.25) is 0 Å². The van der Waals surface area contributed by atoms with Crippen LogP contribution in [0.15, 0.2) is 40.9 Å². The van der Waals surface area contributed by atoms with Gasteiger partial charge in [0, 0.05) is 16.5 Å². The number of hydrogen-bond acceptors (Lipinski definition) is 2. The molecule has 20 heavy (non-hydrogen) atoms. The van der Waals surface area contributed by atoms with E-state index in [0.717, 1.165) is 11.1 Å². The Morgan fingerprint density at radius 2 is 1.80 bits per heavy atom. The van der Waals surface area contributed by atoms with Gasteiger partial charge in [-0.25, -0.2) is 4.39 Å². The SMILES string of the molecule is COc1cccc(CBr)c1OCc1cccc(F)c1Br. The molecule has 0 radical (unpaired) electrons. The van der Waals surface area contributed by atoms with E-state index in [2.05, 4.69) is 31.9 Å². The minimum absolute atomic E-state index is 0.263. The number of alkyl halides is 1. The van der Waals surface area contributed by atoms with Crippen LogP contribution in [0.4, 0.5) is 4.39 Å². The van der Waals surface area contributed by atoms with Gasteiger partial charge in [-0.3, -0.25) is 0 Å². The van der Waals surface area contributed by atoms with Crippen LogP contribution >= 0.6 is 31.9 Å². The molecule has 106 valence electrons. The van der Waals surface area contributed by atoms with Crippen molar-refractivity contribution in [3.05, 3.63) is 57.8 Å². The van der Waals surface area contributed by atoms with E-state index in [1.165, 1.54) is 6.07 Å². The van der Waals surface area contributed by atoms with E-state index in [-0.39, 0.29) is 12.4 Å². The average molecular weight is 404 g/mol. The molecule has 0 aliphatic heterocycles. The normalized spacial score (nSPS) is 10.4. The monoisotopic (exact) mass is 402 g/mol. The highest BCUT2D eigenvalue weighted by atomic mass is 79.9. The largest absolute Gasteiger partial charge is 0.493 e. The van der Waals surface area contributed by atoms with E-state index in [9.17, 15) is 4.39 Å². The van der Waals surface area contributed by atoms with Gasteiger partial charge in [-0.1, -0.05) is 40.2 Å². The molecule has 2 nitrogen and oxygen atoms in total. The molecule has 0 aliphatic rings. The van der Waals surface area contributed by atoms with Crippen LogP contribution in [0.5, 0.6) is 11.5 Å². The maximum atomic E-state index is 13.5. The molecule has 2 aromatic rings. The van der Waals surface area contributed by atoms with Crippen LogP contribution in [0, 0.1) is 5.82 Å². The summed E-state index contributed by atoms with van der Waals surface area (Å²) in [5.41, 5.74) is 1.73. The molecular weight excluding hydrogens is 391 g/mol. The smallest absolute Gasteiger partial charge is 0.165 e. The topological polar surface area (TPSA) is 18.5 Å². The van der Waals surface area contributed by atoms with Gasteiger partial charge in [0.25, 0.3) is 0 Å². The Hall–Kier alpha value is -1.07. The zero-order valence-corrected chi connectivity index (χ0v) is 14.0. The van der Waals surface area contributed by atoms with Gasteiger partial charge in [0.2, 0.25) is 0 Å². The number of halogens is 3. The molecule has 0 amide bonds. The highest BCUT2D eigenvalue weighted by Crippen LogP contribution is 2.33. The Labute approximate surface area is 134 Å². The highest BCUT2D eigenvalue weighted by Gasteiger charge is 2.12. The summed E-state index contributed by atoms with van der Waals surface area (Å²) in [6.07, 6.45) is 0. The van der Waals surface area contributed by atoms with Crippen molar-refractivity contribution in [3.63, 3.8) is 0 Å². The molecule has 0 spiro atoms. The summed E-state index contributed by atoms with van der Waals surface area (Å²) in [5.74, 6) is 1.03. The lowest BCUT2D eigenvalue weighted by molar-refractivity contribution is 0.281. The molecule has 2 aromatic carbocycles. The van der Waals surface area contributed by atoms with Gasteiger partial charge in [0.15, 0.2) is 11.5 Å². The standard InChI is InChI=1S/C15H13Br2FO2/c1-19-13-7-3-4-10(8-16)15(13)20-9-11-5-2-6-12(18)14(11)17/h2-7H,8-9H2,1H3. The number of benzene rings is 2.